The molecule has 1 N–H and O–H groups in total. The van der Waals surface area contributed by atoms with Gasteiger partial charge in [-0.05, 0) is 56.2 Å². The number of hydrogen-bond acceptors (Lipinski definition) is 8. The van der Waals surface area contributed by atoms with E-state index in [1.807, 2.05) is 79.9 Å². The Hall–Kier alpha value is -3.63. The fourth-order valence-corrected chi connectivity index (χ4v) is 5.60. The zero-order valence-electron chi connectivity index (χ0n) is 21.1. The van der Waals surface area contributed by atoms with E-state index in [1.54, 1.807) is 0 Å². The summed E-state index contributed by atoms with van der Waals surface area (Å²) in [6, 6.07) is 17.8. The Morgan fingerprint density at radius 2 is 1.78 bits per heavy atom. The highest BCUT2D eigenvalue weighted by molar-refractivity contribution is 7.99. The lowest BCUT2D eigenvalue weighted by atomic mass is 10.1. The topological polar surface area (TPSA) is 95.3 Å². The van der Waals surface area contributed by atoms with Gasteiger partial charge in [0.2, 0.25) is 5.91 Å². The number of anilines is 1. The zero-order chi connectivity index (χ0) is 26.4. The number of carbonyl (C=O) groups excluding carboxylic acids is 2. The highest BCUT2D eigenvalue weighted by atomic mass is 32.2. The number of thioether (sulfide) groups is 1. The fourth-order valence-electron chi connectivity index (χ4n) is 3.76. The third-order valence-corrected chi connectivity index (χ3v) is 7.72. The number of nitrogens with zero attached hydrogens (tertiary/aromatic N) is 3. The number of aryl methyl sites for hydroxylation is 1. The van der Waals surface area contributed by atoms with Crippen LogP contribution in [0.25, 0.3) is 5.69 Å². The van der Waals surface area contributed by atoms with Gasteiger partial charge in [0.1, 0.15) is 16.6 Å². The number of thiophene rings is 1. The monoisotopic (exact) mass is 536 g/mol. The summed E-state index contributed by atoms with van der Waals surface area (Å²) in [6.07, 6.45) is 0.587. The molecule has 4 aromatic rings. The molecule has 37 heavy (non-hydrogen) atoms. The smallest absolute Gasteiger partial charge is 0.341 e. The highest BCUT2D eigenvalue weighted by Gasteiger charge is 2.22. The lowest BCUT2D eigenvalue weighted by molar-refractivity contribution is -0.113. The largest absolute Gasteiger partial charge is 0.494 e. The molecule has 0 unspecified atom stereocenters. The maximum Gasteiger partial charge on any atom is 0.341 e. The zero-order valence-corrected chi connectivity index (χ0v) is 22.7. The third-order valence-electron chi connectivity index (χ3n) is 5.67. The lowest BCUT2D eigenvalue weighted by Gasteiger charge is -2.12. The van der Waals surface area contributed by atoms with Crippen LogP contribution >= 0.6 is 23.1 Å². The van der Waals surface area contributed by atoms with Crippen molar-refractivity contribution in [2.24, 2.45) is 0 Å². The van der Waals surface area contributed by atoms with Crippen molar-refractivity contribution < 1.29 is 19.1 Å². The second-order valence-electron chi connectivity index (χ2n) is 8.14. The van der Waals surface area contributed by atoms with E-state index in [9.17, 15) is 9.59 Å². The van der Waals surface area contributed by atoms with Crippen molar-refractivity contribution in [3.63, 3.8) is 0 Å². The van der Waals surface area contributed by atoms with Crippen LogP contribution in [0.5, 0.6) is 5.75 Å². The maximum absolute atomic E-state index is 12.9. The molecule has 0 radical (unpaired) electrons. The standard InChI is InChI=1S/C27H28N4O4S2/c1-5-35-21-13-11-20(12-14-21)31-22(15-19-9-7-6-8-10-19)29-30-27(31)36-16-23(32)28-25-24(26(33)34-4)17(2)18(3)37-25/h6-14H,5,15-16H2,1-4H3,(H,28,32). The molecule has 4 rings (SSSR count). The minimum atomic E-state index is -0.467. The predicted octanol–water partition coefficient (Wildman–Crippen LogP) is 5.45. The molecule has 0 aliphatic heterocycles. The molecular weight excluding hydrogens is 508 g/mol. The van der Waals surface area contributed by atoms with Crippen molar-refractivity contribution in [1.29, 1.82) is 0 Å². The Morgan fingerprint density at radius 3 is 2.46 bits per heavy atom. The molecule has 0 aliphatic carbocycles. The first-order chi connectivity index (χ1) is 17.9. The van der Waals surface area contributed by atoms with Gasteiger partial charge in [-0.15, -0.1) is 21.5 Å². The Morgan fingerprint density at radius 1 is 1.05 bits per heavy atom. The van der Waals surface area contributed by atoms with Crippen LogP contribution in [0, 0.1) is 13.8 Å². The van der Waals surface area contributed by atoms with Crippen LogP contribution in [0.4, 0.5) is 5.00 Å². The van der Waals surface area contributed by atoms with Gasteiger partial charge in [0, 0.05) is 17.0 Å². The molecule has 0 saturated heterocycles. The molecule has 8 nitrogen and oxygen atoms in total. The van der Waals surface area contributed by atoms with Gasteiger partial charge in [-0.1, -0.05) is 42.1 Å². The van der Waals surface area contributed by atoms with Crippen molar-refractivity contribution in [1.82, 2.24) is 14.8 Å². The van der Waals surface area contributed by atoms with Crippen molar-refractivity contribution in [3.8, 4) is 11.4 Å². The lowest BCUT2D eigenvalue weighted by Crippen LogP contribution is -2.16. The third kappa shape index (κ3) is 6.20. The number of hydrogen-bond donors (Lipinski definition) is 1. The molecule has 0 spiro atoms. The van der Waals surface area contributed by atoms with E-state index in [1.165, 1.54) is 30.2 Å². The van der Waals surface area contributed by atoms with Gasteiger partial charge >= 0.3 is 5.97 Å². The minimum absolute atomic E-state index is 0.0944. The van der Waals surface area contributed by atoms with Crippen molar-refractivity contribution >= 4 is 40.0 Å². The minimum Gasteiger partial charge on any atom is -0.494 e. The number of rotatable bonds is 10. The summed E-state index contributed by atoms with van der Waals surface area (Å²) in [7, 11) is 1.33. The second kappa shape index (κ2) is 12.1. The van der Waals surface area contributed by atoms with E-state index < -0.39 is 5.97 Å². The molecule has 0 atom stereocenters. The van der Waals surface area contributed by atoms with Gasteiger partial charge in [-0.3, -0.25) is 9.36 Å². The van der Waals surface area contributed by atoms with Crippen LogP contribution in [0.15, 0.2) is 59.8 Å². The number of esters is 1. The SMILES string of the molecule is CCOc1ccc(-n2c(Cc3ccccc3)nnc2SCC(=O)Nc2sc(C)c(C)c2C(=O)OC)cc1. The number of methoxy groups -OCH3 is 1. The average Bonchev–Trinajstić information content (AvgIpc) is 3.42. The van der Waals surface area contributed by atoms with Gasteiger partial charge in [0.15, 0.2) is 5.16 Å². The maximum atomic E-state index is 12.9. The van der Waals surface area contributed by atoms with Crippen LogP contribution in [0.1, 0.15) is 39.1 Å². The molecule has 192 valence electrons. The van der Waals surface area contributed by atoms with Gasteiger partial charge in [-0.2, -0.15) is 0 Å². The summed E-state index contributed by atoms with van der Waals surface area (Å²) in [6.45, 7) is 6.28. The summed E-state index contributed by atoms with van der Waals surface area (Å²) in [5.74, 6) is 0.918. The normalized spacial score (nSPS) is 10.8. The number of aromatic nitrogens is 3. The van der Waals surface area contributed by atoms with Gasteiger partial charge in [-0.25, -0.2) is 4.79 Å². The number of amides is 1. The molecule has 1 amide bonds. The Labute approximate surface area is 224 Å². The Balaban J connectivity index is 1.56. The van der Waals surface area contributed by atoms with Crippen LogP contribution in [-0.2, 0) is 16.0 Å². The first-order valence-electron chi connectivity index (χ1n) is 11.7. The quantitative estimate of drug-likeness (QED) is 0.213. The van der Waals surface area contributed by atoms with E-state index in [2.05, 4.69) is 15.5 Å². The fraction of sp³-hybridized carbons (Fsp3) is 0.259. The predicted molar refractivity (Wildman–Crippen MR) is 146 cm³/mol. The highest BCUT2D eigenvalue weighted by Crippen LogP contribution is 2.33. The van der Waals surface area contributed by atoms with Gasteiger partial charge in [0.05, 0.1) is 25.0 Å². The molecule has 2 heterocycles. The Bertz CT molecular complexity index is 1380. The van der Waals surface area contributed by atoms with E-state index in [4.69, 9.17) is 9.47 Å². The van der Waals surface area contributed by atoms with E-state index in [0.29, 0.717) is 28.7 Å². The first-order valence-corrected chi connectivity index (χ1v) is 13.5. The molecular formula is C27H28N4O4S2. The van der Waals surface area contributed by atoms with E-state index in [-0.39, 0.29) is 11.7 Å². The van der Waals surface area contributed by atoms with Crippen LogP contribution in [0.2, 0.25) is 0 Å². The number of nitrogens with one attached hydrogen (secondary N) is 1. The molecule has 0 bridgehead atoms. The molecule has 2 aromatic heterocycles. The molecule has 0 fully saturated rings. The second-order valence-corrected chi connectivity index (χ2v) is 10.3. The van der Waals surface area contributed by atoms with Crippen molar-refractivity contribution in [2.45, 2.75) is 32.3 Å². The number of benzene rings is 2. The summed E-state index contributed by atoms with van der Waals surface area (Å²) < 4.78 is 12.4. The van der Waals surface area contributed by atoms with Crippen LogP contribution in [-0.4, -0.2) is 46.1 Å². The first kappa shape index (κ1) is 26.4. The summed E-state index contributed by atoms with van der Waals surface area (Å²) in [4.78, 5) is 26.1. The van der Waals surface area contributed by atoms with Gasteiger partial charge in [0.25, 0.3) is 0 Å². The average molecular weight is 537 g/mol. The molecule has 2 aromatic carbocycles. The van der Waals surface area contributed by atoms with Crippen molar-refractivity contribution in [3.05, 3.63) is 82.0 Å². The van der Waals surface area contributed by atoms with E-state index in [0.717, 1.165) is 33.3 Å². The summed E-state index contributed by atoms with van der Waals surface area (Å²) >= 11 is 2.64. The molecule has 0 saturated carbocycles. The van der Waals surface area contributed by atoms with Crippen LogP contribution < -0.4 is 10.1 Å². The van der Waals surface area contributed by atoms with Crippen molar-refractivity contribution in [2.75, 3.05) is 24.8 Å². The van der Waals surface area contributed by atoms with Crippen LogP contribution in [0.3, 0.4) is 0 Å². The summed E-state index contributed by atoms with van der Waals surface area (Å²) in [5, 5.41) is 12.8. The summed E-state index contributed by atoms with van der Waals surface area (Å²) in [5.41, 5.74) is 3.18. The molecule has 10 heteroatoms. The van der Waals surface area contributed by atoms with Gasteiger partial charge < -0.3 is 14.8 Å². The number of ether oxygens (including phenoxy) is 2. The van der Waals surface area contributed by atoms with E-state index >= 15 is 0 Å². The number of carbonyl (C=O) groups is 2. The Kier molecular flexibility index (Phi) is 8.62. The molecule has 0 aliphatic rings.